The summed E-state index contributed by atoms with van der Waals surface area (Å²) in [6, 6.07) is 15.5. The second-order valence-electron chi connectivity index (χ2n) is 4.93. The molecule has 0 aromatic heterocycles. The highest BCUT2D eigenvalue weighted by Crippen LogP contribution is 2.14. The van der Waals surface area contributed by atoms with E-state index >= 15 is 0 Å². The standard InChI is InChI=1S/C18H18BrNO2/c1-20(13-15-6-9-16(19)10-7-15)18(21)11-8-14-4-3-5-17(12-14)22-2/h3-12H,13H2,1-2H3/b11-8+. The van der Waals surface area contributed by atoms with E-state index < -0.39 is 0 Å². The molecule has 114 valence electrons. The largest absolute Gasteiger partial charge is 0.497 e. The molecular formula is C18H18BrNO2. The first-order valence-corrected chi connectivity index (χ1v) is 7.69. The highest BCUT2D eigenvalue weighted by molar-refractivity contribution is 9.10. The zero-order valence-electron chi connectivity index (χ0n) is 12.6. The van der Waals surface area contributed by atoms with Crippen LogP contribution in [-0.2, 0) is 11.3 Å². The smallest absolute Gasteiger partial charge is 0.246 e. The Morgan fingerprint density at radius 3 is 2.64 bits per heavy atom. The summed E-state index contributed by atoms with van der Waals surface area (Å²) in [7, 11) is 3.42. The Balaban J connectivity index is 1.98. The second-order valence-corrected chi connectivity index (χ2v) is 5.85. The molecule has 0 N–H and O–H groups in total. The number of carbonyl (C=O) groups excluding carboxylic acids is 1. The molecule has 0 atom stereocenters. The molecule has 4 heteroatoms. The summed E-state index contributed by atoms with van der Waals surface area (Å²) in [6.07, 6.45) is 3.37. The summed E-state index contributed by atoms with van der Waals surface area (Å²) in [5, 5.41) is 0. The van der Waals surface area contributed by atoms with Crippen molar-refractivity contribution in [3.63, 3.8) is 0 Å². The van der Waals surface area contributed by atoms with E-state index in [1.807, 2.05) is 48.5 Å². The summed E-state index contributed by atoms with van der Waals surface area (Å²) < 4.78 is 6.20. The van der Waals surface area contributed by atoms with Gasteiger partial charge in [-0.2, -0.15) is 0 Å². The van der Waals surface area contributed by atoms with Crippen LogP contribution in [0.5, 0.6) is 5.75 Å². The third kappa shape index (κ3) is 4.74. The molecule has 1 amide bonds. The molecule has 0 radical (unpaired) electrons. The Morgan fingerprint density at radius 2 is 1.95 bits per heavy atom. The lowest BCUT2D eigenvalue weighted by Gasteiger charge is -2.15. The van der Waals surface area contributed by atoms with Crippen LogP contribution >= 0.6 is 15.9 Å². The van der Waals surface area contributed by atoms with E-state index in [1.165, 1.54) is 0 Å². The molecule has 2 rings (SSSR count). The van der Waals surface area contributed by atoms with Gasteiger partial charge in [-0.05, 0) is 41.5 Å². The van der Waals surface area contributed by atoms with Crippen LogP contribution in [0.25, 0.3) is 6.08 Å². The fourth-order valence-corrected chi connectivity index (χ4v) is 2.25. The summed E-state index contributed by atoms with van der Waals surface area (Å²) >= 11 is 3.40. The molecule has 0 saturated heterocycles. The average molecular weight is 360 g/mol. The number of benzene rings is 2. The van der Waals surface area contributed by atoms with E-state index in [2.05, 4.69) is 15.9 Å². The maximum atomic E-state index is 12.1. The molecule has 0 unspecified atom stereocenters. The molecular weight excluding hydrogens is 342 g/mol. The van der Waals surface area contributed by atoms with Crippen LogP contribution in [0.1, 0.15) is 11.1 Å². The number of amides is 1. The maximum Gasteiger partial charge on any atom is 0.246 e. The Kier molecular flexibility index (Phi) is 5.78. The van der Waals surface area contributed by atoms with Crippen LogP contribution in [0, 0.1) is 0 Å². The third-order valence-electron chi connectivity index (χ3n) is 3.22. The van der Waals surface area contributed by atoms with E-state index in [-0.39, 0.29) is 5.91 Å². The summed E-state index contributed by atoms with van der Waals surface area (Å²) in [6.45, 7) is 0.578. The highest BCUT2D eigenvalue weighted by Gasteiger charge is 2.05. The Bertz CT molecular complexity index is 665. The van der Waals surface area contributed by atoms with Gasteiger partial charge in [0.25, 0.3) is 0 Å². The molecule has 0 fully saturated rings. The summed E-state index contributed by atoms with van der Waals surface area (Å²) in [5.41, 5.74) is 2.03. The predicted octanol–water partition coefficient (Wildman–Crippen LogP) is 4.13. The van der Waals surface area contributed by atoms with E-state index in [9.17, 15) is 4.79 Å². The van der Waals surface area contributed by atoms with E-state index in [1.54, 1.807) is 31.2 Å². The van der Waals surface area contributed by atoms with Crippen LogP contribution < -0.4 is 4.74 Å². The fourth-order valence-electron chi connectivity index (χ4n) is 1.98. The van der Waals surface area contributed by atoms with Gasteiger partial charge in [0.15, 0.2) is 0 Å². The van der Waals surface area contributed by atoms with Gasteiger partial charge in [0, 0.05) is 24.1 Å². The highest BCUT2D eigenvalue weighted by atomic mass is 79.9. The lowest BCUT2D eigenvalue weighted by molar-refractivity contribution is -0.125. The van der Waals surface area contributed by atoms with Gasteiger partial charge < -0.3 is 9.64 Å². The van der Waals surface area contributed by atoms with Crippen molar-refractivity contribution in [2.75, 3.05) is 14.2 Å². The number of methoxy groups -OCH3 is 1. The molecule has 0 aliphatic carbocycles. The lowest BCUT2D eigenvalue weighted by Crippen LogP contribution is -2.24. The number of nitrogens with zero attached hydrogens (tertiary/aromatic N) is 1. The number of rotatable bonds is 5. The number of halogens is 1. The minimum absolute atomic E-state index is 0.0364. The molecule has 2 aromatic carbocycles. The van der Waals surface area contributed by atoms with E-state index in [0.717, 1.165) is 21.3 Å². The van der Waals surface area contributed by atoms with E-state index in [4.69, 9.17) is 4.74 Å². The minimum Gasteiger partial charge on any atom is -0.497 e. The van der Waals surface area contributed by atoms with Crippen molar-refractivity contribution in [1.82, 2.24) is 4.90 Å². The zero-order chi connectivity index (χ0) is 15.9. The van der Waals surface area contributed by atoms with Gasteiger partial charge in [0.05, 0.1) is 7.11 Å². The molecule has 0 bridgehead atoms. The Morgan fingerprint density at radius 1 is 1.23 bits per heavy atom. The molecule has 2 aromatic rings. The van der Waals surface area contributed by atoms with Crippen LogP contribution in [0.3, 0.4) is 0 Å². The van der Waals surface area contributed by atoms with Crippen LogP contribution in [0.2, 0.25) is 0 Å². The maximum absolute atomic E-state index is 12.1. The van der Waals surface area contributed by atoms with Gasteiger partial charge in [-0.15, -0.1) is 0 Å². The molecule has 0 spiro atoms. The Labute approximate surface area is 139 Å². The van der Waals surface area contributed by atoms with Crippen molar-refractivity contribution < 1.29 is 9.53 Å². The van der Waals surface area contributed by atoms with Crippen molar-refractivity contribution in [1.29, 1.82) is 0 Å². The van der Waals surface area contributed by atoms with Crippen molar-refractivity contribution in [2.24, 2.45) is 0 Å². The number of carbonyl (C=O) groups is 1. The Hall–Kier alpha value is -2.07. The normalized spacial score (nSPS) is 10.7. The number of hydrogen-bond donors (Lipinski definition) is 0. The van der Waals surface area contributed by atoms with Gasteiger partial charge in [0.2, 0.25) is 5.91 Å². The zero-order valence-corrected chi connectivity index (χ0v) is 14.2. The SMILES string of the molecule is COc1cccc(/C=C/C(=O)N(C)Cc2ccc(Br)cc2)c1. The van der Waals surface area contributed by atoms with Crippen molar-refractivity contribution in [2.45, 2.75) is 6.54 Å². The number of likely N-dealkylation sites (N-methyl/N-ethyl adjacent to an activating group) is 1. The first kappa shape index (κ1) is 16.3. The van der Waals surface area contributed by atoms with Crippen molar-refractivity contribution >= 4 is 27.9 Å². The first-order chi connectivity index (χ1) is 10.6. The fraction of sp³-hybridized carbons (Fsp3) is 0.167. The number of ether oxygens (including phenoxy) is 1. The van der Waals surface area contributed by atoms with E-state index in [0.29, 0.717) is 6.54 Å². The van der Waals surface area contributed by atoms with Crippen LogP contribution in [-0.4, -0.2) is 25.0 Å². The number of hydrogen-bond acceptors (Lipinski definition) is 2. The monoisotopic (exact) mass is 359 g/mol. The van der Waals surface area contributed by atoms with Gasteiger partial charge >= 0.3 is 0 Å². The van der Waals surface area contributed by atoms with Gasteiger partial charge in [-0.25, -0.2) is 0 Å². The first-order valence-electron chi connectivity index (χ1n) is 6.90. The third-order valence-corrected chi connectivity index (χ3v) is 3.75. The van der Waals surface area contributed by atoms with Crippen molar-refractivity contribution in [3.8, 4) is 5.75 Å². The molecule has 0 aliphatic rings. The molecule has 3 nitrogen and oxygen atoms in total. The van der Waals surface area contributed by atoms with Gasteiger partial charge in [-0.3, -0.25) is 4.79 Å². The summed E-state index contributed by atoms with van der Waals surface area (Å²) in [5.74, 6) is 0.739. The molecule has 0 aliphatic heterocycles. The minimum atomic E-state index is -0.0364. The molecule has 22 heavy (non-hydrogen) atoms. The second kappa shape index (κ2) is 7.80. The predicted molar refractivity (Wildman–Crippen MR) is 92.6 cm³/mol. The lowest BCUT2D eigenvalue weighted by atomic mass is 10.2. The molecule has 0 saturated carbocycles. The average Bonchev–Trinajstić information content (AvgIpc) is 2.54. The van der Waals surface area contributed by atoms with Gasteiger partial charge in [0.1, 0.15) is 5.75 Å². The molecule has 0 heterocycles. The van der Waals surface area contributed by atoms with Crippen molar-refractivity contribution in [3.05, 3.63) is 70.2 Å². The summed E-state index contributed by atoms with van der Waals surface area (Å²) in [4.78, 5) is 13.8. The van der Waals surface area contributed by atoms with Crippen LogP contribution in [0.15, 0.2) is 59.1 Å². The topological polar surface area (TPSA) is 29.5 Å². The van der Waals surface area contributed by atoms with Crippen LogP contribution in [0.4, 0.5) is 0 Å². The quantitative estimate of drug-likeness (QED) is 0.751. The van der Waals surface area contributed by atoms with Gasteiger partial charge in [-0.1, -0.05) is 40.2 Å².